The summed E-state index contributed by atoms with van der Waals surface area (Å²) in [4.78, 5) is 14.6. The van der Waals surface area contributed by atoms with E-state index in [9.17, 15) is 9.18 Å². The number of carbonyl (C=O) groups excluding carboxylic acids is 1. The summed E-state index contributed by atoms with van der Waals surface area (Å²) < 4.78 is 15.5. The molecule has 0 radical (unpaired) electrons. The lowest BCUT2D eigenvalue weighted by molar-refractivity contribution is -0.131. The van der Waals surface area contributed by atoms with Crippen LogP contribution in [0.2, 0.25) is 0 Å². The lowest BCUT2D eigenvalue weighted by atomic mass is 10.0. The molecule has 0 spiro atoms. The smallest absolute Gasteiger partial charge is 0.227 e. The van der Waals surface area contributed by atoms with Crippen molar-refractivity contribution in [2.75, 3.05) is 6.54 Å². The first-order chi connectivity index (χ1) is 12.6. The third-order valence-electron chi connectivity index (χ3n) is 4.89. The number of rotatable bonds is 3. The summed E-state index contributed by atoms with van der Waals surface area (Å²) >= 11 is 0. The minimum atomic E-state index is -0.213. The first-order valence-electron chi connectivity index (χ1n) is 8.75. The van der Waals surface area contributed by atoms with Gasteiger partial charge in [-0.15, -0.1) is 0 Å². The summed E-state index contributed by atoms with van der Waals surface area (Å²) in [6.07, 6.45) is 2.22. The standard InChI is InChI=1S/C21H20FN3O/c1-15-11-17(7-8-19(15)22)18-13-23-25-10-9-24(14-20(18)25)21(26)12-16-5-3-2-4-6-16/h2-8,11,13H,9-10,12,14H2,1H3. The van der Waals surface area contributed by atoms with Crippen LogP contribution >= 0.6 is 0 Å². The third kappa shape index (κ3) is 3.12. The topological polar surface area (TPSA) is 38.1 Å². The fourth-order valence-electron chi connectivity index (χ4n) is 3.39. The summed E-state index contributed by atoms with van der Waals surface area (Å²) in [5.41, 5.74) is 4.53. The van der Waals surface area contributed by atoms with Crippen LogP contribution in [0, 0.1) is 12.7 Å². The molecule has 1 aromatic heterocycles. The van der Waals surface area contributed by atoms with E-state index in [2.05, 4.69) is 5.10 Å². The van der Waals surface area contributed by atoms with Gasteiger partial charge in [-0.3, -0.25) is 9.48 Å². The van der Waals surface area contributed by atoms with Crippen LogP contribution in [-0.2, 0) is 24.3 Å². The number of hydrogen-bond donors (Lipinski definition) is 0. The zero-order valence-corrected chi connectivity index (χ0v) is 14.7. The zero-order chi connectivity index (χ0) is 18.1. The molecule has 5 heteroatoms. The molecular weight excluding hydrogens is 329 g/mol. The van der Waals surface area contributed by atoms with E-state index in [0.29, 0.717) is 31.6 Å². The van der Waals surface area contributed by atoms with E-state index >= 15 is 0 Å². The van der Waals surface area contributed by atoms with E-state index in [4.69, 9.17) is 0 Å². The van der Waals surface area contributed by atoms with Crippen molar-refractivity contribution in [1.82, 2.24) is 14.7 Å². The number of hydrogen-bond acceptors (Lipinski definition) is 2. The molecule has 132 valence electrons. The van der Waals surface area contributed by atoms with Crippen molar-refractivity contribution in [2.45, 2.75) is 26.4 Å². The maximum absolute atomic E-state index is 13.6. The Morgan fingerprint density at radius 3 is 2.73 bits per heavy atom. The second kappa shape index (κ2) is 6.75. The average Bonchev–Trinajstić information content (AvgIpc) is 3.08. The minimum absolute atomic E-state index is 0.116. The molecule has 1 aliphatic rings. The monoisotopic (exact) mass is 349 g/mol. The van der Waals surface area contributed by atoms with Crippen molar-refractivity contribution in [3.8, 4) is 11.1 Å². The Kier molecular flexibility index (Phi) is 4.29. The highest BCUT2D eigenvalue weighted by molar-refractivity contribution is 5.79. The molecule has 0 saturated heterocycles. The molecule has 0 bridgehead atoms. The Bertz CT molecular complexity index is 949. The second-order valence-electron chi connectivity index (χ2n) is 6.67. The Hall–Kier alpha value is -2.95. The number of halogens is 1. The average molecular weight is 349 g/mol. The minimum Gasteiger partial charge on any atom is -0.335 e. The maximum atomic E-state index is 13.6. The van der Waals surface area contributed by atoms with E-state index in [-0.39, 0.29) is 11.7 Å². The predicted octanol–water partition coefficient (Wildman–Crippen LogP) is 3.58. The molecular formula is C21H20FN3O. The van der Waals surface area contributed by atoms with Crippen molar-refractivity contribution in [2.24, 2.45) is 0 Å². The zero-order valence-electron chi connectivity index (χ0n) is 14.7. The largest absolute Gasteiger partial charge is 0.335 e. The van der Waals surface area contributed by atoms with Gasteiger partial charge < -0.3 is 4.90 Å². The van der Waals surface area contributed by atoms with Crippen LogP contribution in [0.15, 0.2) is 54.7 Å². The Balaban J connectivity index is 1.57. The highest BCUT2D eigenvalue weighted by Gasteiger charge is 2.24. The molecule has 1 aliphatic heterocycles. The molecule has 3 aromatic rings. The first-order valence-corrected chi connectivity index (χ1v) is 8.75. The number of nitrogens with zero attached hydrogens (tertiary/aromatic N) is 3. The van der Waals surface area contributed by atoms with Gasteiger partial charge in [0.25, 0.3) is 0 Å². The number of aryl methyl sites for hydroxylation is 1. The Morgan fingerprint density at radius 1 is 1.15 bits per heavy atom. The molecule has 26 heavy (non-hydrogen) atoms. The Labute approximate surface area is 151 Å². The summed E-state index contributed by atoms with van der Waals surface area (Å²) in [7, 11) is 0. The number of carbonyl (C=O) groups is 1. The molecule has 4 rings (SSSR count). The SMILES string of the molecule is Cc1cc(-c2cnn3c2CN(C(=O)Cc2ccccc2)CC3)ccc1F. The van der Waals surface area contributed by atoms with Gasteiger partial charge in [-0.2, -0.15) is 5.10 Å². The van der Waals surface area contributed by atoms with Crippen LogP contribution in [0.5, 0.6) is 0 Å². The molecule has 0 saturated carbocycles. The molecule has 2 heterocycles. The molecule has 0 aliphatic carbocycles. The van der Waals surface area contributed by atoms with E-state index in [1.807, 2.05) is 52.2 Å². The Morgan fingerprint density at radius 2 is 1.96 bits per heavy atom. The van der Waals surface area contributed by atoms with Crippen LogP contribution in [0.3, 0.4) is 0 Å². The van der Waals surface area contributed by atoms with Crippen molar-refractivity contribution in [1.29, 1.82) is 0 Å². The maximum Gasteiger partial charge on any atom is 0.227 e. The lowest BCUT2D eigenvalue weighted by Gasteiger charge is -2.28. The van der Waals surface area contributed by atoms with Crippen molar-refractivity contribution < 1.29 is 9.18 Å². The lowest BCUT2D eigenvalue weighted by Crippen LogP contribution is -2.39. The van der Waals surface area contributed by atoms with Gasteiger partial charge >= 0.3 is 0 Å². The van der Waals surface area contributed by atoms with Crippen molar-refractivity contribution in [3.05, 3.63) is 77.4 Å². The number of benzene rings is 2. The van der Waals surface area contributed by atoms with Crippen LogP contribution < -0.4 is 0 Å². The van der Waals surface area contributed by atoms with Crippen molar-refractivity contribution in [3.63, 3.8) is 0 Å². The van der Waals surface area contributed by atoms with E-state index in [1.54, 1.807) is 13.0 Å². The van der Waals surface area contributed by atoms with E-state index < -0.39 is 0 Å². The molecule has 0 fully saturated rings. The van der Waals surface area contributed by atoms with Crippen LogP contribution in [0.4, 0.5) is 4.39 Å². The molecule has 2 aromatic carbocycles. The van der Waals surface area contributed by atoms with Crippen LogP contribution in [0.25, 0.3) is 11.1 Å². The fraction of sp³-hybridized carbons (Fsp3) is 0.238. The predicted molar refractivity (Wildman–Crippen MR) is 97.9 cm³/mol. The highest BCUT2D eigenvalue weighted by atomic mass is 19.1. The van der Waals surface area contributed by atoms with E-state index in [0.717, 1.165) is 22.4 Å². The molecule has 1 amide bonds. The van der Waals surface area contributed by atoms with Gasteiger partial charge in [0.15, 0.2) is 0 Å². The van der Waals surface area contributed by atoms with Gasteiger partial charge in [-0.05, 0) is 35.7 Å². The number of amides is 1. The van der Waals surface area contributed by atoms with E-state index in [1.165, 1.54) is 6.07 Å². The summed E-state index contributed by atoms with van der Waals surface area (Å²) in [5.74, 6) is -0.0978. The summed E-state index contributed by atoms with van der Waals surface area (Å²) in [6.45, 7) is 3.61. The molecule has 0 N–H and O–H groups in total. The van der Waals surface area contributed by atoms with Crippen LogP contribution in [0.1, 0.15) is 16.8 Å². The van der Waals surface area contributed by atoms with Gasteiger partial charge in [-0.25, -0.2) is 4.39 Å². The van der Waals surface area contributed by atoms with Gasteiger partial charge in [0, 0.05) is 12.1 Å². The van der Waals surface area contributed by atoms with Gasteiger partial charge in [0.2, 0.25) is 5.91 Å². The normalized spacial score (nSPS) is 13.5. The highest BCUT2D eigenvalue weighted by Crippen LogP contribution is 2.28. The van der Waals surface area contributed by atoms with Crippen molar-refractivity contribution >= 4 is 5.91 Å². The fourth-order valence-corrected chi connectivity index (χ4v) is 3.39. The summed E-state index contributed by atoms with van der Waals surface area (Å²) in [6, 6.07) is 14.9. The van der Waals surface area contributed by atoms with Gasteiger partial charge in [0.1, 0.15) is 5.82 Å². The van der Waals surface area contributed by atoms with Gasteiger partial charge in [0.05, 0.1) is 31.4 Å². The summed E-state index contributed by atoms with van der Waals surface area (Å²) in [5, 5.41) is 4.45. The first kappa shape index (κ1) is 16.5. The van der Waals surface area contributed by atoms with Gasteiger partial charge in [-0.1, -0.05) is 36.4 Å². The number of aromatic nitrogens is 2. The second-order valence-corrected chi connectivity index (χ2v) is 6.67. The molecule has 0 unspecified atom stereocenters. The number of fused-ring (bicyclic) bond motifs is 1. The molecule has 0 atom stereocenters. The third-order valence-corrected chi connectivity index (χ3v) is 4.89. The van der Waals surface area contributed by atoms with Crippen LogP contribution in [-0.4, -0.2) is 27.1 Å². The molecule has 4 nitrogen and oxygen atoms in total. The quantitative estimate of drug-likeness (QED) is 0.725.